The van der Waals surface area contributed by atoms with Crippen LogP contribution < -0.4 is 9.80 Å². The molecular weight excluding hydrogens is 473 g/mol. The maximum absolute atomic E-state index is 15.2. The average molecular weight is 494 g/mol. The Bertz CT molecular complexity index is 1220. The summed E-state index contributed by atoms with van der Waals surface area (Å²) in [4.78, 5) is 15.6. The predicted octanol–water partition coefficient (Wildman–Crippen LogP) is 6.26. The fourth-order valence-electron chi connectivity index (χ4n) is 4.55. The van der Waals surface area contributed by atoms with E-state index in [4.69, 9.17) is 17.5 Å². The lowest BCUT2D eigenvalue weighted by Crippen LogP contribution is -2.55. The number of nitriles is 1. The van der Waals surface area contributed by atoms with E-state index in [1.165, 1.54) is 17.0 Å². The van der Waals surface area contributed by atoms with Crippen LogP contribution in [0.2, 0.25) is 0 Å². The van der Waals surface area contributed by atoms with E-state index in [1.807, 2.05) is 6.92 Å². The van der Waals surface area contributed by atoms with Gasteiger partial charge in [0.05, 0.1) is 17.3 Å². The molecule has 1 heterocycles. The van der Waals surface area contributed by atoms with Gasteiger partial charge in [-0.2, -0.15) is 18.4 Å². The van der Waals surface area contributed by atoms with Gasteiger partial charge in [-0.25, -0.2) is 8.78 Å². The molecule has 1 aliphatic heterocycles. The van der Waals surface area contributed by atoms with E-state index in [-0.39, 0.29) is 10.8 Å². The Hall–Kier alpha value is -3.06. The minimum atomic E-state index is -5.15. The smallest absolute Gasteiger partial charge is 0.303 e. The number of anilines is 2. The summed E-state index contributed by atoms with van der Waals surface area (Å²) in [5.74, 6) is -2.89. The van der Waals surface area contributed by atoms with Crippen LogP contribution in [-0.2, 0) is 17.4 Å². The number of rotatable bonds is 5. The molecule has 0 N–H and O–H groups in total. The molecule has 1 aliphatic carbocycles. The molecule has 4 nitrogen and oxygen atoms in total. The van der Waals surface area contributed by atoms with Crippen LogP contribution in [0.4, 0.5) is 33.3 Å². The van der Waals surface area contributed by atoms with E-state index < -0.39 is 46.1 Å². The highest BCUT2D eigenvalue weighted by atomic mass is 32.1. The van der Waals surface area contributed by atoms with Crippen molar-refractivity contribution < 1.29 is 26.7 Å². The number of aryl methyl sites for hydroxylation is 1. The molecule has 2 aromatic rings. The van der Waals surface area contributed by atoms with Crippen molar-refractivity contribution in [3.05, 3.63) is 58.7 Å². The van der Waals surface area contributed by atoms with Gasteiger partial charge in [0, 0.05) is 5.69 Å². The first kappa shape index (κ1) is 24.1. The van der Waals surface area contributed by atoms with Crippen molar-refractivity contribution in [1.29, 1.82) is 5.26 Å². The average Bonchev–Trinajstić information content (AvgIpc) is 2.98. The monoisotopic (exact) mass is 493 g/mol. The fourth-order valence-corrected chi connectivity index (χ4v) is 5.01. The van der Waals surface area contributed by atoms with Gasteiger partial charge in [0.25, 0.3) is 5.91 Å². The molecule has 1 spiro atoms. The summed E-state index contributed by atoms with van der Waals surface area (Å²) >= 11 is 5.45. The molecular formula is C24H20F5N3OS. The van der Waals surface area contributed by atoms with Gasteiger partial charge >= 0.3 is 6.18 Å². The van der Waals surface area contributed by atoms with Crippen LogP contribution in [0.3, 0.4) is 0 Å². The molecule has 34 heavy (non-hydrogen) atoms. The second-order valence-electron chi connectivity index (χ2n) is 8.45. The normalized spacial score (nSPS) is 17.3. The molecule has 0 bridgehead atoms. The number of alkyl halides is 3. The van der Waals surface area contributed by atoms with Crippen LogP contribution in [0.25, 0.3) is 0 Å². The van der Waals surface area contributed by atoms with Gasteiger partial charge in [-0.1, -0.05) is 19.4 Å². The first-order valence-corrected chi connectivity index (χ1v) is 11.2. The number of hydrogen-bond acceptors (Lipinski definition) is 3. The molecule has 0 atom stereocenters. The maximum Gasteiger partial charge on any atom is 0.420 e. The fraction of sp³-hybridized carbons (Fsp3) is 0.375. The van der Waals surface area contributed by atoms with E-state index in [0.29, 0.717) is 31.2 Å². The van der Waals surface area contributed by atoms with Crippen molar-refractivity contribution in [3.63, 3.8) is 0 Å². The number of amides is 1. The zero-order chi connectivity index (χ0) is 24.8. The van der Waals surface area contributed by atoms with Crippen molar-refractivity contribution in [2.75, 3.05) is 9.80 Å². The van der Waals surface area contributed by atoms with Crippen LogP contribution in [0, 0.1) is 23.0 Å². The first-order valence-electron chi connectivity index (χ1n) is 10.8. The third-order valence-electron chi connectivity index (χ3n) is 6.45. The van der Waals surface area contributed by atoms with E-state index in [0.717, 1.165) is 29.9 Å². The minimum Gasteiger partial charge on any atom is -0.303 e. The van der Waals surface area contributed by atoms with Crippen molar-refractivity contribution in [3.8, 4) is 6.07 Å². The van der Waals surface area contributed by atoms with Crippen LogP contribution in [0.15, 0.2) is 30.3 Å². The van der Waals surface area contributed by atoms with Crippen molar-refractivity contribution >= 4 is 34.6 Å². The Balaban J connectivity index is 1.81. The third kappa shape index (κ3) is 3.63. The lowest BCUT2D eigenvalue weighted by Gasteiger charge is -2.43. The second-order valence-corrected chi connectivity index (χ2v) is 8.82. The van der Waals surface area contributed by atoms with Crippen LogP contribution in [0.1, 0.15) is 55.7 Å². The molecule has 1 saturated carbocycles. The van der Waals surface area contributed by atoms with Gasteiger partial charge in [0.15, 0.2) is 10.9 Å². The number of halogens is 5. The largest absolute Gasteiger partial charge is 0.420 e. The molecule has 2 aromatic carbocycles. The van der Waals surface area contributed by atoms with Gasteiger partial charge in [-0.05, 0) is 74.2 Å². The number of benzene rings is 2. The van der Waals surface area contributed by atoms with Crippen LogP contribution in [0.5, 0.6) is 0 Å². The number of unbranched alkanes of at least 4 members (excludes halogenated alkanes) is 1. The summed E-state index contributed by atoms with van der Waals surface area (Å²) in [5.41, 5.74) is -3.76. The Morgan fingerprint density at radius 3 is 2.41 bits per heavy atom. The summed E-state index contributed by atoms with van der Waals surface area (Å²) in [7, 11) is 0. The topological polar surface area (TPSA) is 47.3 Å². The number of nitrogens with zero attached hydrogens (tertiary/aromatic N) is 3. The summed E-state index contributed by atoms with van der Waals surface area (Å²) < 4.78 is 70.5. The molecule has 1 amide bonds. The number of carbonyl (C=O) groups excluding carboxylic acids is 1. The standard InChI is InChI=1S/C24H20F5N3OS/c1-2-3-5-14-6-8-16(12-17(14)25)32-22(34)31(21(33)23(32)10-4-11-23)18-9-7-15(13-30)19(20(18)26)24(27,28)29/h6-9,12H,2-5,10-11H2,1H3. The molecule has 0 radical (unpaired) electrons. The van der Waals surface area contributed by atoms with Crippen molar-refractivity contribution in [2.24, 2.45) is 0 Å². The molecule has 2 aliphatic rings. The van der Waals surface area contributed by atoms with Crippen molar-refractivity contribution in [2.45, 2.75) is 57.2 Å². The van der Waals surface area contributed by atoms with Gasteiger partial charge in [-0.3, -0.25) is 9.69 Å². The molecule has 2 fully saturated rings. The number of carbonyl (C=O) groups is 1. The second kappa shape index (κ2) is 8.62. The maximum atomic E-state index is 15.2. The van der Waals surface area contributed by atoms with Crippen molar-refractivity contribution in [1.82, 2.24) is 0 Å². The molecule has 1 saturated heterocycles. The zero-order valence-corrected chi connectivity index (χ0v) is 19.0. The van der Waals surface area contributed by atoms with E-state index in [2.05, 4.69) is 0 Å². The Kier molecular flexibility index (Phi) is 6.10. The van der Waals surface area contributed by atoms with Crippen LogP contribution >= 0.6 is 12.2 Å². The predicted molar refractivity (Wildman–Crippen MR) is 120 cm³/mol. The van der Waals surface area contributed by atoms with E-state index >= 15 is 4.39 Å². The van der Waals surface area contributed by atoms with Crippen LogP contribution in [-0.4, -0.2) is 16.6 Å². The zero-order valence-electron chi connectivity index (χ0n) is 18.2. The van der Waals surface area contributed by atoms with Gasteiger partial charge in [-0.15, -0.1) is 0 Å². The van der Waals surface area contributed by atoms with Gasteiger partial charge < -0.3 is 4.90 Å². The van der Waals surface area contributed by atoms with E-state index in [1.54, 1.807) is 12.1 Å². The highest BCUT2D eigenvalue weighted by molar-refractivity contribution is 7.81. The molecule has 0 unspecified atom stereocenters. The molecule has 10 heteroatoms. The van der Waals surface area contributed by atoms with E-state index in [9.17, 15) is 22.4 Å². The Labute approximate surface area is 198 Å². The lowest BCUT2D eigenvalue weighted by atomic mass is 9.75. The Morgan fingerprint density at radius 1 is 1.18 bits per heavy atom. The first-order chi connectivity index (χ1) is 16.1. The summed E-state index contributed by atoms with van der Waals surface area (Å²) in [6.45, 7) is 1.99. The SMILES string of the molecule is CCCCc1ccc(N2C(=S)N(c3ccc(C#N)c(C(F)(F)F)c3F)C(=O)C23CCC3)cc1F. The molecule has 4 rings (SSSR count). The Morgan fingerprint density at radius 2 is 1.88 bits per heavy atom. The van der Waals surface area contributed by atoms with Gasteiger partial charge in [0.2, 0.25) is 0 Å². The highest BCUT2D eigenvalue weighted by Crippen LogP contribution is 2.49. The molecule has 178 valence electrons. The minimum absolute atomic E-state index is 0.234. The summed E-state index contributed by atoms with van der Waals surface area (Å²) in [5, 5.41) is 8.79. The quantitative estimate of drug-likeness (QED) is 0.365. The number of hydrogen-bond donors (Lipinski definition) is 0. The number of thiocarbonyl (C=S) groups is 1. The molecule has 0 aromatic heterocycles. The summed E-state index contributed by atoms with van der Waals surface area (Å²) in [6, 6.07) is 7.57. The van der Waals surface area contributed by atoms with Gasteiger partial charge in [0.1, 0.15) is 16.9 Å². The third-order valence-corrected chi connectivity index (χ3v) is 6.82. The highest BCUT2D eigenvalue weighted by Gasteiger charge is 2.60. The lowest BCUT2D eigenvalue weighted by molar-refractivity contribution is -0.140. The summed E-state index contributed by atoms with van der Waals surface area (Å²) in [6.07, 6.45) is -1.59.